The molecule has 17 heavy (non-hydrogen) atoms. The van der Waals surface area contributed by atoms with Crippen molar-refractivity contribution in [1.82, 2.24) is 0 Å². The van der Waals surface area contributed by atoms with Crippen molar-refractivity contribution in [1.29, 1.82) is 0 Å². The Hall–Kier alpha value is -0.870. The Morgan fingerprint density at radius 2 is 1.59 bits per heavy atom. The van der Waals surface area contributed by atoms with Gasteiger partial charge in [-0.2, -0.15) is 0 Å². The minimum absolute atomic E-state index is 0.282. The fourth-order valence-corrected chi connectivity index (χ4v) is 1.31. The van der Waals surface area contributed by atoms with E-state index in [1.807, 2.05) is 0 Å². The molecule has 0 aliphatic rings. The normalized spacial score (nSPS) is 10.2. The van der Waals surface area contributed by atoms with E-state index in [1.165, 1.54) is 6.08 Å². The Labute approximate surface area is 104 Å². The van der Waals surface area contributed by atoms with Gasteiger partial charge >= 0.3 is 5.97 Å². The molecule has 0 heterocycles. The lowest BCUT2D eigenvalue weighted by Gasteiger charge is -2.04. The van der Waals surface area contributed by atoms with Gasteiger partial charge < -0.3 is 14.6 Å². The van der Waals surface area contributed by atoms with E-state index in [9.17, 15) is 4.79 Å². The third-order valence-electron chi connectivity index (χ3n) is 2.29. The molecular formula is C13H24O4. The van der Waals surface area contributed by atoms with Crippen molar-refractivity contribution in [3.63, 3.8) is 0 Å². The Morgan fingerprint density at radius 1 is 1.00 bits per heavy atom. The average molecular weight is 244 g/mol. The number of hydrogen-bond acceptors (Lipinski definition) is 4. The molecule has 0 aromatic heterocycles. The third kappa shape index (κ3) is 13.1. The zero-order valence-electron chi connectivity index (χ0n) is 10.5. The Balaban J connectivity index is 2.98. The maximum Gasteiger partial charge on any atom is 0.330 e. The van der Waals surface area contributed by atoms with Crippen LogP contribution in [-0.4, -0.2) is 37.5 Å². The van der Waals surface area contributed by atoms with Crippen LogP contribution < -0.4 is 0 Å². The van der Waals surface area contributed by atoms with E-state index in [0.717, 1.165) is 45.1 Å². The minimum Gasteiger partial charge on any atom is -0.463 e. The summed E-state index contributed by atoms with van der Waals surface area (Å²) in [7, 11) is 0. The molecule has 0 aromatic rings. The molecule has 100 valence electrons. The number of hydrogen-bond donors (Lipinski definition) is 1. The number of esters is 1. The summed E-state index contributed by atoms with van der Waals surface area (Å²) < 4.78 is 10.3. The number of ether oxygens (including phenoxy) is 2. The number of unbranched alkanes of at least 4 members (excludes halogenated alkanes) is 4. The van der Waals surface area contributed by atoms with E-state index in [-0.39, 0.29) is 12.6 Å². The van der Waals surface area contributed by atoms with Crippen molar-refractivity contribution >= 4 is 5.97 Å². The summed E-state index contributed by atoms with van der Waals surface area (Å²) in [5.41, 5.74) is 0. The molecule has 0 unspecified atom stereocenters. The van der Waals surface area contributed by atoms with Crippen molar-refractivity contribution in [3.05, 3.63) is 12.7 Å². The maximum atomic E-state index is 10.7. The number of aliphatic hydroxyl groups excluding tert-OH is 1. The third-order valence-corrected chi connectivity index (χ3v) is 2.29. The molecular weight excluding hydrogens is 220 g/mol. The second-order valence-electron chi connectivity index (χ2n) is 3.83. The van der Waals surface area contributed by atoms with Crippen LogP contribution >= 0.6 is 0 Å². The summed E-state index contributed by atoms with van der Waals surface area (Å²) in [6.45, 7) is 5.52. The van der Waals surface area contributed by atoms with Crippen LogP contribution in [0.2, 0.25) is 0 Å². The van der Waals surface area contributed by atoms with Gasteiger partial charge in [-0.25, -0.2) is 4.79 Å². The molecule has 4 heteroatoms. The first kappa shape index (κ1) is 16.1. The van der Waals surface area contributed by atoms with E-state index >= 15 is 0 Å². The van der Waals surface area contributed by atoms with E-state index in [4.69, 9.17) is 14.6 Å². The van der Waals surface area contributed by atoms with Crippen molar-refractivity contribution in [2.24, 2.45) is 0 Å². The smallest absolute Gasteiger partial charge is 0.330 e. The lowest BCUT2D eigenvalue weighted by Crippen LogP contribution is -2.04. The van der Waals surface area contributed by atoms with Crippen LogP contribution in [0.4, 0.5) is 0 Å². The molecule has 0 aliphatic carbocycles. The molecule has 0 rings (SSSR count). The lowest BCUT2D eigenvalue weighted by molar-refractivity contribution is -0.137. The van der Waals surface area contributed by atoms with Crippen LogP contribution in [0.15, 0.2) is 12.7 Å². The monoisotopic (exact) mass is 244 g/mol. The molecule has 0 amide bonds. The fourth-order valence-electron chi connectivity index (χ4n) is 1.31. The molecule has 0 spiro atoms. The average Bonchev–Trinajstić information content (AvgIpc) is 2.35. The van der Waals surface area contributed by atoms with Crippen molar-refractivity contribution in [2.75, 3.05) is 26.4 Å². The quantitative estimate of drug-likeness (QED) is 0.324. The van der Waals surface area contributed by atoms with Crippen LogP contribution in [0.3, 0.4) is 0 Å². The van der Waals surface area contributed by atoms with Crippen molar-refractivity contribution in [3.8, 4) is 0 Å². The first-order valence-electron chi connectivity index (χ1n) is 6.29. The van der Waals surface area contributed by atoms with Gasteiger partial charge in [-0.15, -0.1) is 0 Å². The SMILES string of the molecule is C=CC(=O)OCCCCOCCCCCCO. The predicted molar refractivity (Wildman–Crippen MR) is 66.8 cm³/mol. The van der Waals surface area contributed by atoms with Crippen LogP contribution in [0.5, 0.6) is 0 Å². The highest BCUT2D eigenvalue weighted by molar-refractivity contribution is 5.81. The lowest BCUT2D eigenvalue weighted by atomic mass is 10.2. The zero-order valence-corrected chi connectivity index (χ0v) is 10.5. The second kappa shape index (κ2) is 13.2. The molecule has 1 N–H and O–H groups in total. The zero-order chi connectivity index (χ0) is 12.8. The second-order valence-corrected chi connectivity index (χ2v) is 3.83. The van der Waals surface area contributed by atoms with Gasteiger partial charge in [0.1, 0.15) is 0 Å². The number of rotatable bonds is 12. The molecule has 0 aliphatic heterocycles. The highest BCUT2D eigenvalue weighted by atomic mass is 16.5. The minimum atomic E-state index is -0.366. The molecule has 0 radical (unpaired) electrons. The largest absolute Gasteiger partial charge is 0.463 e. The van der Waals surface area contributed by atoms with E-state index in [0.29, 0.717) is 13.2 Å². The summed E-state index contributed by atoms with van der Waals surface area (Å²) in [5.74, 6) is -0.366. The van der Waals surface area contributed by atoms with Gasteiger partial charge in [0.15, 0.2) is 0 Å². The van der Waals surface area contributed by atoms with Crippen molar-refractivity contribution in [2.45, 2.75) is 38.5 Å². The highest BCUT2D eigenvalue weighted by Gasteiger charge is 1.95. The molecule has 4 nitrogen and oxygen atoms in total. The summed E-state index contributed by atoms with van der Waals surface area (Å²) >= 11 is 0. The van der Waals surface area contributed by atoms with Gasteiger partial charge in [0.25, 0.3) is 0 Å². The van der Waals surface area contributed by atoms with Gasteiger partial charge in [-0.3, -0.25) is 0 Å². The number of carbonyl (C=O) groups excluding carboxylic acids is 1. The molecule has 0 aromatic carbocycles. The summed E-state index contributed by atoms with van der Waals surface area (Å²) in [5, 5.41) is 8.57. The number of aliphatic hydroxyl groups is 1. The molecule has 0 bridgehead atoms. The fraction of sp³-hybridized carbons (Fsp3) is 0.769. The standard InChI is InChI=1S/C13H24O4/c1-2-13(15)17-12-8-7-11-16-10-6-4-3-5-9-14/h2,14H,1,3-12H2. The van der Waals surface area contributed by atoms with Gasteiger partial charge in [0, 0.05) is 25.9 Å². The summed E-state index contributed by atoms with van der Waals surface area (Å²) in [4.78, 5) is 10.7. The first-order valence-corrected chi connectivity index (χ1v) is 6.29. The van der Waals surface area contributed by atoms with Gasteiger partial charge in [0.05, 0.1) is 6.61 Å². The van der Waals surface area contributed by atoms with Gasteiger partial charge in [-0.05, 0) is 25.7 Å². The predicted octanol–water partition coefficient (Wildman–Crippen LogP) is 2.07. The first-order chi connectivity index (χ1) is 8.31. The Kier molecular flexibility index (Phi) is 12.5. The Morgan fingerprint density at radius 3 is 2.24 bits per heavy atom. The van der Waals surface area contributed by atoms with Gasteiger partial charge in [-0.1, -0.05) is 19.4 Å². The topological polar surface area (TPSA) is 55.8 Å². The molecule has 0 saturated heterocycles. The maximum absolute atomic E-state index is 10.7. The van der Waals surface area contributed by atoms with Crippen LogP contribution in [0.1, 0.15) is 38.5 Å². The summed E-state index contributed by atoms with van der Waals surface area (Å²) in [6.07, 6.45) is 7.00. The van der Waals surface area contributed by atoms with Crippen LogP contribution in [-0.2, 0) is 14.3 Å². The van der Waals surface area contributed by atoms with Gasteiger partial charge in [0.2, 0.25) is 0 Å². The summed E-state index contributed by atoms with van der Waals surface area (Å²) in [6, 6.07) is 0. The van der Waals surface area contributed by atoms with E-state index < -0.39 is 0 Å². The number of carbonyl (C=O) groups is 1. The van der Waals surface area contributed by atoms with E-state index in [1.54, 1.807) is 0 Å². The van der Waals surface area contributed by atoms with Crippen LogP contribution in [0, 0.1) is 0 Å². The Bertz CT molecular complexity index is 192. The van der Waals surface area contributed by atoms with Crippen molar-refractivity contribution < 1.29 is 19.4 Å². The van der Waals surface area contributed by atoms with Crippen LogP contribution in [0.25, 0.3) is 0 Å². The van der Waals surface area contributed by atoms with E-state index in [2.05, 4.69) is 6.58 Å². The highest BCUT2D eigenvalue weighted by Crippen LogP contribution is 2.00. The molecule has 0 atom stereocenters. The molecule has 0 saturated carbocycles. The molecule has 0 fully saturated rings.